The van der Waals surface area contributed by atoms with Crippen molar-refractivity contribution in [3.8, 4) is 0 Å². The smallest absolute Gasteiger partial charge is 0.222 e. The monoisotopic (exact) mass is 327 g/mol. The van der Waals surface area contributed by atoms with E-state index in [1.54, 1.807) is 12.1 Å². The maximum atomic E-state index is 12.7. The molecule has 2 atom stereocenters. The van der Waals surface area contributed by atoms with Crippen molar-refractivity contribution in [3.63, 3.8) is 0 Å². The fraction of sp³-hybridized carbons (Fsp3) is 0.611. The molecule has 1 heterocycles. The highest BCUT2D eigenvalue weighted by molar-refractivity contribution is 6.30. The number of hydrogen-bond donors (Lipinski definition) is 0. The van der Waals surface area contributed by atoms with Gasteiger partial charge in [-0.2, -0.15) is 0 Å². The van der Waals surface area contributed by atoms with Gasteiger partial charge < -0.3 is 4.90 Å². The summed E-state index contributed by atoms with van der Waals surface area (Å²) in [6, 6.07) is 4.59. The van der Waals surface area contributed by atoms with Gasteiger partial charge in [-0.25, -0.2) is 4.39 Å². The van der Waals surface area contributed by atoms with Gasteiger partial charge in [-0.3, -0.25) is 4.79 Å². The molecule has 0 aliphatic carbocycles. The number of likely N-dealkylation sites (tertiary alicyclic amines) is 1. The number of amides is 1. The van der Waals surface area contributed by atoms with Gasteiger partial charge in [0.15, 0.2) is 0 Å². The van der Waals surface area contributed by atoms with Gasteiger partial charge in [0.1, 0.15) is 5.82 Å². The Hall–Kier alpha value is -1.09. The second-order valence-corrected chi connectivity index (χ2v) is 6.31. The van der Waals surface area contributed by atoms with Gasteiger partial charge in [-0.1, -0.05) is 38.8 Å². The van der Waals surface area contributed by atoms with Gasteiger partial charge in [-0.15, -0.1) is 0 Å². The Morgan fingerprint density at radius 2 is 2.05 bits per heavy atom. The van der Waals surface area contributed by atoms with E-state index in [9.17, 15) is 9.18 Å². The largest absolute Gasteiger partial charge is 0.343 e. The molecule has 1 amide bonds. The fourth-order valence-corrected chi connectivity index (χ4v) is 2.83. The van der Waals surface area contributed by atoms with E-state index < -0.39 is 0 Å². The first-order valence-electron chi connectivity index (χ1n) is 8.14. The van der Waals surface area contributed by atoms with Gasteiger partial charge in [0.05, 0.1) is 0 Å². The molecule has 0 aromatic heterocycles. The summed E-state index contributed by atoms with van der Waals surface area (Å²) in [7, 11) is 0. The Kier molecular flexibility index (Phi) is 7.88. The van der Waals surface area contributed by atoms with Crippen LogP contribution in [0.4, 0.5) is 4.39 Å². The summed E-state index contributed by atoms with van der Waals surface area (Å²) in [5.41, 5.74) is 0.674. The van der Waals surface area contributed by atoms with E-state index in [2.05, 4.69) is 20.8 Å². The molecule has 124 valence electrons. The Labute approximate surface area is 138 Å². The van der Waals surface area contributed by atoms with Gasteiger partial charge >= 0.3 is 0 Å². The first-order valence-corrected chi connectivity index (χ1v) is 8.52. The van der Waals surface area contributed by atoms with Crippen LogP contribution in [-0.2, 0) is 11.2 Å². The van der Waals surface area contributed by atoms with Crippen LogP contribution in [-0.4, -0.2) is 23.9 Å². The molecule has 1 aromatic carbocycles. The van der Waals surface area contributed by atoms with Crippen molar-refractivity contribution in [1.82, 2.24) is 4.90 Å². The Morgan fingerprint density at radius 3 is 2.50 bits per heavy atom. The van der Waals surface area contributed by atoms with Gasteiger partial charge in [0.2, 0.25) is 5.91 Å². The number of rotatable bonds is 4. The number of carbonyl (C=O) groups is 1. The van der Waals surface area contributed by atoms with Crippen molar-refractivity contribution in [1.29, 1.82) is 0 Å². The number of hydrogen-bond acceptors (Lipinski definition) is 1. The SMILES string of the molecule is CCC(C)C1CC(=O)N(CC)C1.CCc1cc(Cl)ccc1F. The molecule has 0 spiro atoms. The van der Waals surface area contributed by atoms with Crippen LogP contribution in [0.15, 0.2) is 18.2 Å². The van der Waals surface area contributed by atoms with E-state index in [1.165, 1.54) is 12.5 Å². The lowest BCUT2D eigenvalue weighted by Gasteiger charge is -2.17. The van der Waals surface area contributed by atoms with Crippen LogP contribution in [0.5, 0.6) is 0 Å². The highest BCUT2D eigenvalue weighted by Crippen LogP contribution is 2.26. The summed E-state index contributed by atoms with van der Waals surface area (Å²) in [5, 5.41) is 0.596. The third-order valence-corrected chi connectivity index (χ3v) is 4.70. The average Bonchev–Trinajstić information content (AvgIpc) is 2.90. The summed E-state index contributed by atoms with van der Waals surface area (Å²) in [5.74, 6) is 1.49. The molecule has 0 N–H and O–H groups in total. The van der Waals surface area contributed by atoms with Crippen LogP contribution in [0, 0.1) is 17.7 Å². The quantitative estimate of drug-likeness (QED) is 0.766. The standard InChI is InChI=1S/C10H19NO.C8H8ClF/c1-4-8(3)9-6-10(12)11(5-2)7-9;1-2-6-5-7(9)3-4-8(6)10/h8-9H,4-7H2,1-3H3;3-5H,2H2,1H3. The zero-order valence-electron chi connectivity index (χ0n) is 14.0. The van der Waals surface area contributed by atoms with Crippen molar-refractivity contribution in [3.05, 3.63) is 34.6 Å². The summed E-state index contributed by atoms with van der Waals surface area (Å²) >= 11 is 5.63. The highest BCUT2D eigenvalue weighted by atomic mass is 35.5. The number of halogens is 2. The first-order chi connectivity index (χ1) is 10.4. The predicted molar refractivity (Wildman–Crippen MR) is 90.6 cm³/mol. The molecule has 0 radical (unpaired) electrons. The zero-order valence-corrected chi connectivity index (χ0v) is 14.8. The Morgan fingerprint density at radius 1 is 1.36 bits per heavy atom. The molecule has 1 aliphatic heterocycles. The van der Waals surface area contributed by atoms with E-state index in [0.717, 1.165) is 19.5 Å². The van der Waals surface area contributed by atoms with E-state index in [0.29, 0.717) is 34.7 Å². The van der Waals surface area contributed by atoms with E-state index in [1.807, 2.05) is 11.8 Å². The molecule has 2 nitrogen and oxygen atoms in total. The van der Waals surface area contributed by atoms with Crippen molar-refractivity contribution < 1.29 is 9.18 Å². The van der Waals surface area contributed by atoms with Gasteiger partial charge in [0, 0.05) is 24.5 Å². The van der Waals surface area contributed by atoms with E-state index in [4.69, 9.17) is 11.6 Å². The minimum Gasteiger partial charge on any atom is -0.343 e. The van der Waals surface area contributed by atoms with Crippen molar-refractivity contribution >= 4 is 17.5 Å². The normalized spacial score (nSPS) is 18.9. The minimum absolute atomic E-state index is 0.174. The van der Waals surface area contributed by atoms with Gasteiger partial charge in [-0.05, 0) is 48.9 Å². The number of carbonyl (C=O) groups excluding carboxylic acids is 1. The van der Waals surface area contributed by atoms with Gasteiger partial charge in [0.25, 0.3) is 0 Å². The lowest BCUT2D eigenvalue weighted by Crippen LogP contribution is -2.25. The molecular weight excluding hydrogens is 301 g/mol. The van der Waals surface area contributed by atoms with Crippen molar-refractivity contribution in [2.45, 2.75) is 47.0 Å². The van der Waals surface area contributed by atoms with Crippen LogP contribution < -0.4 is 0 Å². The highest BCUT2D eigenvalue weighted by Gasteiger charge is 2.30. The Bertz CT molecular complexity index is 492. The fourth-order valence-electron chi connectivity index (χ4n) is 2.64. The first kappa shape index (κ1) is 19.0. The van der Waals surface area contributed by atoms with Crippen LogP contribution in [0.3, 0.4) is 0 Å². The number of benzene rings is 1. The molecule has 0 bridgehead atoms. The van der Waals surface area contributed by atoms with Crippen LogP contribution in [0.1, 0.15) is 46.1 Å². The summed E-state index contributed by atoms with van der Waals surface area (Å²) in [6.07, 6.45) is 2.66. The summed E-state index contributed by atoms with van der Waals surface area (Å²) in [6.45, 7) is 10.3. The third-order valence-electron chi connectivity index (χ3n) is 4.46. The second kappa shape index (κ2) is 9.14. The molecule has 2 unspecified atom stereocenters. The van der Waals surface area contributed by atoms with E-state index in [-0.39, 0.29) is 5.82 Å². The van der Waals surface area contributed by atoms with Crippen LogP contribution >= 0.6 is 11.6 Å². The minimum atomic E-state index is -0.174. The molecule has 1 aliphatic rings. The summed E-state index contributed by atoms with van der Waals surface area (Å²) < 4.78 is 12.7. The van der Waals surface area contributed by atoms with E-state index >= 15 is 0 Å². The summed E-state index contributed by atoms with van der Waals surface area (Å²) in [4.78, 5) is 13.3. The molecule has 0 saturated carbocycles. The molecule has 4 heteroatoms. The molecule has 2 rings (SSSR count). The van der Waals surface area contributed by atoms with Crippen LogP contribution in [0.2, 0.25) is 5.02 Å². The van der Waals surface area contributed by atoms with Crippen molar-refractivity contribution in [2.75, 3.05) is 13.1 Å². The second-order valence-electron chi connectivity index (χ2n) is 5.87. The number of aryl methyl sites for hydroxylation is 1. The van der Waals surface area contributed by atoms with Crippen molar-refractivity contribution in [2.24, 2.45) is 11.8 Å². The molecular formula is C18H27ClFNO. The molecule has 1 aromatic rings. The number of nitrogens with zero attached hydrogens (tertiary/aromatic N) is 1. The maximum Gasteiger partial charge on any atom is 0.222 e. The lowest BCUT2D eigenvalue weighted by atomic mass is 9.91. The zero-order chi connectivity index (χ0) is 16.7. The predicted octanol–water partition coefficient (Wildman–Crippen LogP) is 4.94. The molecule has 1 saturated heterocycles. The van der Waals surface area contributed by atoms with Crippen LogP contribution in [0.25, 0.3) is 0 Å². The topological polar surface area (TPSA) is 20.3 Å². The molecule has 22 heavy (non-hydrogen) atoms. The third kappa shape index (κ3) is 5.28. The maximum absolute atomic E-state index is 12.7. The average molecular weight is 328 g/mol. The lowest BCUT2D eigenvalue weighted by molar-refractivity contribution is -0.127. The molecule has 1 fully saturated rings. The Balaban J connectivity index is 0.000000224.